The summed E-state index contributed by atoms with van der Waals surface area (Å²) in [6.45, 7) is 2.49. The average molecular weight is 521 g/mol. The summed E-state index contributed by atoms with van der Waals surface area (Å²) < 4.78 is 0. The molecule has 6 rings (SSSR count). The molecule has 37 heavy (non-hydrogen) atoms. The van der Waals surface area contributed by atoms with Gasteiger partial charge in [-0.2, -0.15) is 0 Å². The summed E-state index contributed by atoms with van der Waals surface area (Å²) in [4.78, 5) is 14.0. The zero-order chi connectivity index (χ0) is 25.3. The summed E-state index contributed by atoms with van der Waals surface area (Å²) in [5, 5.41) is 5.62. The molecule has 0 unspecified atom stereocenters. The number of fused-ring (bicyclic) bond motifs is 2. The lowest BCUT2D eigenvalue weighted by atomic mass is 9.70. The van der Waals surface area contributed by atoms with Crippen molar-refractivity contribution >= 4 is 42.8 Å². The number of ketones is 1. The Kier molecular flexibility index (Phi) is 6.88. The SMILES string of the molecule is C[C@]1(CP(c2ccccc2)c2ccccc2)[C@@H]2CC[C@@]1(CP(c1ccccc1)c1ccccc1)C(=O)C2. The van der Waals surface area contributed by atoms with Crippen LogP contribution in [-0.2, 0) is 4.79 Å². The predicted molar refractivity (Wildman–Crippen MR) is 161 cm³/mol. The van der Waals surface area contributed by atoms with Crippen LogP contribution in [0.3, 0.4) is 0 Å². The first kappa shape index (κ1) is 24.7. The zero-order valence-electron chi connectivity index (χ0n) is 21.5. The van der Waals surface area contributed by atoms with E-state index in [2.05, 4.69) is 128 Å². The minimum absolute atomic E-state index is 0.00557. The van der Waals surface area contributed by atoms with Gasteiger partial charge in [0.1, 0.15) is 5.78 Å². The quantitative estimate of drug-likeness (QED) is 0.239. The van der Waals surface area contributed by atoms with Gasteiger partial charge in [-0.3, -0.25) is 4.79 Å². The molecule has 0 amide bonds. The Morgan fingerprint density at radius 1 is 0.622 bits per heavy atom. The normalized spacial score (nSPS) is 24.7. The molecule has 4 aromatic carbocycles. The van der Waals surface area contributed by atoms with Crippen molar-refractivity contribution in [3.8, 4) is 0 Å². The molecule has 0 radical (unpaired) electrons. The number of carbonyl (C=O) groups excluding carboxylic acids is 1. The molecule has 2 aliphatic carbocycles. The van der Waals surface area contributed by atoms with E-state index in [0.29, 0.717) is 11.7 Å². The van der Waals surface area contributed by atoms with Gasteiger partial charge in [0, 0.05) is 11.8 Å². The number of hydrogen-bond acceptors (Lipinski definition) is 1. The van der Waals surface area contributed by atoms with Gasteiger partial charge < -0.3 is 0 Å². The lowest BCUT2D eigenvalue weighted by Gasteiger charge is -2.44. The van der Waals surface area contributed by atoms with Crippen molar-refractivity contribution in [1.29, 1.82) is 0 Å². The first-order valence-electron chi connectivity index (χ1n) is 13.4. The van der Waals surface area contributed by atoms with Gasteiger partial charge in [-0.25, -0.2) is 0 Å². The van der Waals surface area contributed by atoms with E-state index in [0.717, 1.165) is 25.2 Å². The lowest BCUT2D eigenvalue weighted by molar-refractivity contribution is -0.127. The smallest absolute Gasteiger partial charge is 0.140 e. The molecule has 2 aliphatic rings. The highest BCUT2D eigenvalue weighted by molar-refractivity contribution is 7.73. The molecular weight excluding hydrogens is 486 g/mol. The Bertz CT molecular complexity index is 1260. The summed E-state index contributed by atoms with van der Waals surface area (Å²) in [6, 6.07) is 44.0. The van der Waals surface area contributed by atoms with Crippen LogP contribution in [0, 0.1) is 16.7 Å². The van der Waals surface area contributed by atoms with Gasteiger partial charge in [-0.1, -0.05) is 128 Å². The molecule has 0 spiro atoms. The Labute approximate surface area is 223 Å². The van der Waals surface area contributed by atoms with Gasteiger partial charge in [0.25, 0.3) is 0 Å². The van der Waals surface area contributed by atoms with Gasteiger partial charge in [0.05, 0.1) is 0 Å². The summed E-state index contributed by atoms with van der Waals surface area (Å²) in [7, 11) is -1.17. The van der Waals surface area contributed by atoms with E-state index in [1.165, 1.54) is 27.6 Å². The van der Waals surface area contributed by atoms with Crippen molar-refractivity contribution in [3.63, 3.8) is 0 Å². The molecule has 0 heterocycles. The predicted octanol–water partition coefficient (Wildman–Crippen LogP) is 6.63. The molecule has 3 atom stereocenters. The number of Topliss-reactive ketones (excluding diaryl/α,β-unsaturated/α-hetero) is 1. The minimum atomic E-state index is -0.622. The molecule has 0 aromatic heterocycles. The fourth-order valence-electron chi connectivity index (χ4n) is 6.94. The van der Waals surface area contributed by atoms with Gasteiger partial charge >= 0.3 is 0 Å². The molecule has 2 fully saturated rings. The Hall–Kier alpha value is -2.59. The van der Waals surface area contributed by atoms with E-state index >= 15 is 0 Å². The van der Waals surface area contributed by atoms with Crippen LogP contribution in [0.5, 0.6) is 0 Å². The average Bonchev–Trinajstić information content (AvgIpc) is 3.34. The van der Waals surface area contributed by atoms with Crippen molar-refractivity contribution in [1.82, 2.24) is 0 Å². The van der Waals surface area contributed by atoms with E-state index < -0.39 is 15.8 Å². The van der Waals surface area contributed by atoms with E-state index in [1.807, 2.05) is 0 Å². The Morgan fingerprint density at radius 2 is 1.00 bits per heavy atom. The van der Waals surface area contributed by atoms with Gasteiger partial charge in [0.2, 0.25) is 0 Å². The van der Waals surface area contributed by atoms with E-state index in [-0.39, 0.29) is 10.8 Å². The summed E-state index contributed by atoms with van der Waals surface area (Å²) >= 11 is 0. The molecule has 186 valence electrons. The number of rotatable bonds is 8. The fraction of sp³-hybridized carbons (Fsp3) is 0.265. The van der Waals surface area contributed by atoms with Crippen molar-refractivity contribution in [2.24, 2.45) is 16.7 Å². The molecule has 0 saturated heterocycles. The second-order valence-corrected chi connectivity index (χ2v) is 15.3. The molecule has 0 aliphatic heterocycles. The minimum Gasteiger partial charge on any atom is -0.299 e. The van der Waals surface area contributed by atoms with Crippen LogP contribution in [0.1, 0.15) is 26.2 Å². The third kappa shape index (κ3) is 4.41. The zero-order valence-corrected chi connectivity index (χ0v) is 23.3. The van der Waals surface area contributed by atoms with Crippen molar-refractivity contribution in [2.45, 2.75) is 26.2 Å². The van der Waals surface area contributed by atoms with Crippen LogP contribution in [0.15, 0.2) is 121 Å². The van der Waals surface area contributed by atoms with Gasteiger partial charge in [0.15, 0.2) is 0 Å². The first-order valence-corrected chi connectivity index (χ1v) is 16.4. The van der Waals surface area contributed by atoms with Crippen molar-refractivity contribution in [3.05, 3.63) is 121 Å². The Morgan fingerprint density at radius 3 is 1.38 bits per heavy atom. The van der Waals surface area contributed by atoms with Crippen LogP contribution >= 0.6 is 15.8 Å². The first-order chi connectivity index (χ1) is 18.1. The van der Waals surface area contributed by atoms with Crippen LogP contribution in [0.25, 0.3) is 0 Å². The maximum Gasteiger partial charge on any atom is 0.140 e. The van der Waals surface area contributed by atoms with Crippen LogP contribution in [0.4, 0.5) is 0 Å². The third-order valence-electron chi connectivity index (χ3n) is 9.07. The highest BCUT2D eigenvalue weighted by atomic mass is 31.1. The van der Waals surface area contributed by atoms with Crippen LogP contribution in [0.2, 0.25) is 0 Å². The van der Waals surface area contributed by atoms with E-state index in [1.54, 1.807) is 0 Å². The van der Waals surface area contributed by atoms with Gasteiger partial charge in [-0.05, 0) is 73.6 Å². The maximum atomic E-state index is 14.0. The second kappa shape index (κ2) is 10.3. The monoisotopic (exact) mass is 520 g/mol. The second-order valence-electron chi connectivity index (χ2n) is 10.9. The highest BCUT2D eigenvalue weighted by Gasteiger charge is 2.66. The standard InChI is InChI=1S/C34H34OP2/c1-33(25-36(28-14-6-2-7-15-28)29-16-8-3-9-17-29)27-22-23-34(33,32(35)24-27)26-37(30-18-10-4-11-19-30)31-20-12-5-13-21-31/h2-21,27H,22-26H2,1H3/t27-,33+,34-/m1/s1. The lowest BCUT2D eigenvalue weighted by Crippen LogP contribution is -2.45. The maximum absolute atomic E-state index is 14.0. The van der Waals surface area contributed by atoms with E-state index in [9.17, 15) is 4.79 Å². The largest absolute Gasteiger partial charge is 0.299 e. The number of hydrogen-bond donors (Lipinski definition) is 0. The Balaban J connectivity index is 1.42. The summed E-state index contributed by atoms with van der Waals surface area (Å²) in [5.74, 6) is 1.02. The number of benzene rings is 4. The molecule has 4 aromatic rings. The summed E-state index contributed by atoms with van der Waals surface area (Å²) in [6.07, 6.45) is 5.03. The molecule has 2 bridgehead atoms. The van der Waals surface area contributed by atoms with Crippen LogP contribution < -0.4 is 21.2 Å². The molecular formula is C34H34OP2. The molecule has 2 saturated carbocycles. The third-order valence-corrected chi connectivity index (χ3v) is 14.6. The topological polar surface area (TPSA) is 17.1 Å². The molecule has 3 heteroatoms. The highest BCUT2D eigenvalue weighted by Crippen LogP contribution is 2.69. The fourth-order valence-corrected chi connectivity index (χ4v) is 12.8. The van der Waals surface area contributed by atoms with E-state index in [4.69, 9.17) is 0 Å². The van der Waals surface area contributed by atoms with Crippen LogP contribution in [-0.4, -0.2) is 18.1 Å². The molecule has 0 N–H and O–H groups in total. The van der Waals surface area contributed by atoms with Crippen molar-refractivity contribution < 1.29 is 4.79 Å². The van der Waals surface area contributed by atoms with Crippen molar-refractivity contribution in [2.75, 3.05) is 12.3 Å². The number of carbonyl (C=O) groups is 1. The summed E-state index contributed by atoms with van der Waals surface area (Å²) in [5.41, 5.74) is -0.245. The van der Waals surface area contributed by atoms with Gasteiger partial charge in [-0.15, -0.1) is 0 Å². The molecule has 1 nitrogen and oxygen atoms in total.